The second-order valence-corrected chi connectivity index (χ2v) is 4.18. The fourth-order valence-corrected chi connectivity index (χ4v) is 1.52. The highest BCUT2D eigenvalue weighted by Gasteiger charge is 2.30. The van der Waals surface area contributed by atoms with Crippen LogP contribution < -0.4 is 5.73 Å². The van der Waals surface area contributed by atoms with E-state index in [2.05, 4.69) is 20.9 Å². The molecule has 0 aliphatic heterocycles. The molecule has 0 unspecified atom stereocenters. The zero-order chi connectivity index (χ0) is 8.55. The van der Waals surface area contributed by atoms with Gasteiger partial charge < -0.3 is 5.73 Å². The summed E-state index contributed by atoms with van der Waals surface area (Å²) in [6.45, 7) is 0. The molecule has 2 nitrogen and oxygen atoms in total. The molecule has 1 atom stereocenters. The smallest absolute Gasteiger partial charge is 0.0574 e. The van der Waals surface area contributed by atoms with Crippen LogP contribution in [0.4, 0.5) is 0 Å². The largest absolute Gasteiger partial charge is 0.322 e. The van der Waals surface area contributed by atoms with Gasteiger partial charge >= 0.3 is 0 Å². The summed E-state index contributed by atoms with van der Waals surface area (Å²) in [4.78, 5) is 4.27. The Morgan fingerprint density at radius 2 is 2.25 bits per heavy atom. The molecule has 2 rings (SSSR count). The molecular weight excluding hydrogens is 216 g/mol. The highest BCUT2D eigenvalue weighted by atomic mass is 79.9. The second-order valence-electron chi connectivity index (χ2n) is 3.26. The number of hydrogen-bond acceptors (Lipinski definition) is 2. The zero-order valence-electron chi connectivity index (χ0n) is 6.70. The number of nitrogens with two attached hydrogens (primary N) is 1. The van der Waals surface area contributed by atoms with Crippen LogP contribution in [0.5, 0.6) is 0 Å². The molecule has 0 bridgehead atoms. The van der Waals surface area contributed by atoms with E-state index in [1.165, 1.54) is 12.8 Å². The average molecular weight is 227 g/mol. The first kappa shape index (κ1) is 8.20. The molecular formula is C9H11BrN2. The van der Waals surface area contributed by atoms with E-state index in [9.17, 15) is 0 Å². The summed E-state index contributed by atoms with van der Waals surface area (Å²) < 4.78 is 1.01. The summed E-state index contributed by atoms with van der Waals surface area (Å²) >= 11 is 3.34. The first-order valence-corrected chi connectivity index (χ1v) is 4.93. The van der Waals surface area contributed by atoms with E-state index in [1.807, 2.05) is 12.1 Å². The van der Waals surface area contributed by atoms with Crippen LogP contribution in [0.25, 0.3) is 0 Å². The highest BCUT2D eigenvalue weighted by molar-refractivity contribution is 9.10. The lowest BCUT2D eigenvalue weighted by Gasteiger charge is -2.08. The van der Waals surface area contributed by atoms with E-state index in [0.717, 1.165) is 10.2 Å². The predicted molar refractivity (Wildman–Crippen MR) is 51.6 cm³/mol. The van der Waals surface area contributed by atoms with Crippen molar-refractivity contribution in [3.63, 3.8) is 0 Å². The maximum absolute atomic E-state index is 5.97. The zero-order valence-corrected chi connectivity index (χ0v) is 8.29. The monoisotopic (exact) mass is 226 g/mol. The summed E-state index contributed by atoms with van der Waals surface area (Å²) in [7, 11) is 0. The maximum Gasteiger partial charge on any atom is 0.0574 e. The van der Waals surface area contributed by atoms with Gasteiger partial charge in [0, 0.05) is 16.7 Å². The van der Waals surface area contributed by atoms with Gasteiger partial charge in [-0.15, -0.1) is 0 Å². The lowest BCUT2D eigenvalue weighted by atomic mass is 10.1. The van der Waals surface area contributed by atoms with E-state index >= 15 is 0 Å². The van der Waals surface area contributed by atoms with Crippen LogP contribution in [0.15, 0.2) is 22.8 Å². The summed E-state index contributed by atoms with van der Waals surface area (Å²) in [5, 5.41) is 0. The van der Waals surface area contributed by atoms with Crippen molar-refractivity contribution in [3.05, 3.63) is 28.5 Å². The highest BCUT2D eigenvalue weighted by Crippen LogP contribution is 2.38. The van der Waals surface area contributed by atoms with E-state index in [-0.39, 0.29) is 6.04 Å². The van der Waals surface area contributed by atoms with Crippen LogP contribution in [-0.4, -0.2) is 4.98 Å². The number of pyridine rings is 1. The van der Waals surface area contributed by atoms with Crippen molar-refractivity contribution in [2.45, 2.75) is 18.9 Å². The van der Waals surface area contributed by atoms with Gasteiger partial charge in [-0.3, -0.25) is 4.98 Å². The standard InChI is InChI=1S/C9H11BrN2/c10-7-3-4-8(12-5-7)9(11)6-1-2-6/h3-6,9H,1-2,11H2/t9-/m0/s1. The summed E-state index contributed by atoms with van der Waals surface area (Å²) in [5.74, 6) is 0.679. The van der Waals surface area contributed by atoms with Crippen LogP contribution in [0.1, 0.15) is 24.6 Å². The molecule has 1 aromatic heterocycles. The van der Waals surface area contributed by atoms with Crippen molar-refractivity contribution in [1.29, 1.82) is 0 Å². The fourth-order valence-electron chi connectivity index (χ4n) is 1.28. The third-order valence-electron chi connectivity index (χ3n) is 2.22. The molecule has 1 aromatic rings. The molecule has 0 spiro atoms. The Morgan fingerprint density at radius 1 is 1.50 bits per heavy atom. The molecule has 2 N–H and O–H groups in total. The Bertz CT molecular complexity index is 266. The van der Waals surface area contributed by atoms with Gasteiger partial charge in [-0.2, -0.15) is 0 Å². The van der Waals surface area contributed by atoms with Crippen LogP contribution in [0, 0.1) is 5.92 Å². The van der Waals surface area contributed by atoms with Gasteiger partial charge in [0.1, 0.15) is 0 Å². The summed E-state index contributed by atoms with van der Waals surface area (Å²) in [6, 6.07) is 4.13. The molecule has 3 heteroatoms. The number of rotatable bonds is 2. The number of halogens is 1. The molecule has 1 heterocycles. The molecule has 1 aliphatic carbocycles. The quantitative estimate of drug-likeness (QED) is 0.841. The maximum atomic E-state index is 5.97. The minimum absolute atomic E-state index is 0.151. The third-order valence-corrected chi connectivity index (χ3v) is 2.69. The molecule has 1 aliphatic rings. The van der Waals surface area contributed by atoms with Crippen LogP contribution in [-0.2, 0) is 0 Å². The van der Waals surface area contributed by atoms with E-state index in [4.69, 9.17) is 5.73 Å². The van der Waals surface area contributed by atoms with Gasteiger partial charge in [0.05, 0.1) is 5.69 Å². The lowest BCUT2D eigenvalue weighted by molar-refractivity contribution is 0.614. The molecule has 0 saturated heterocycles. The van der Waals surface area contributed by atoms with Crippen molar-refractivity contribution in [1.82, 2.24) is 4.98 Å². The Hall–Kier alpha value is -0.410. The average Bonchev–Trinajstić information content (AvgIpc) is 2.87. The van der Waals surface area contributed by atoms with Gasteiger partial charge in [-0.1, -0.05) is 0 Å². The van der Waals surface area contributed by atoms with Crippen molar-refractivity contribution < 1.29 is 0 Å². The van der Waals surface area contributed by atoms with Crippen molar-refractivity contribution in [2.75, 3.05) is 0 Å². The SMILES string of the molecule is N[C@H](c1ccc(Br)cn1)C1CC1. The number of nitrogens with zero attached hydrogens (tertiary/aromatic N) is 1. The number of hydrogen-bond donors (Lipinski definition) is 1. The minimum Gasteiger partial charge on any atom is -0.322 e. The van der Waals surface area contributed by atoms with Gasteiger partial charge in [0.25, 0.3) is 0 Å². The second kappa shape index (κ2) is 3.15. The van der Waals surface area contributed by atoms with Crippen LogP contribution in [0.3, 0.4) is 0 Å². The Balaban J connectivity index is 2.16. The molecule has 12 heavy (non-hydrogen) atoms. The van der Waals surface area contributed by atoms with Crippen LogP contribution >= 0.6 is 15.9 Å². The number of aromatic nitrogens is 1. The van der Waals surface area contributed by atoms with Gasteiger partial charge in [-0.25, -0.2) is 0 Å². The Morgan fingerprint density at radius 3 is 2.75 bits per heavy atom. The Labute approximate surface area is 80.3 Å². The normalized spacial score (nSPS) is 19.2. The predicted octanol–water partition coefficient (Wildman–Crippen LogP) is 2.25. The lowest BCUT2D eigenvalue weighted by Crippen LogP contribution is -2.13. The molecule has 0 radical (unpaired) electrons. The van der Waals surface area contributed by atoms with Gasteiger partial charge in [0.15, 0.2) is 0 Å². The molecule has 1 fully saturated rings. The minimum atomic E-state index is 0.151. The summed E-state index contributed by atoms with van der Waals surface area (Å²) in [6.07, 6.45) is 4.33. The van der Waals surface area contributed by atoms with E-state index in [0.29, 0.717) is 5.92 Å². The Kier molecular flexibility index (Phi) is 2.15. The van der Waals surface area contributed by atoms with Crippen molar-refractivity contribution in [3.8, 4) is 0 Å². The summed E-state index contributed by atoms with van der Waals surface area (Å²) in [5.41, 5.74) is 6.99. The van der Waals surface area contributed by atoms with Crippen molar-refractivity contribution >= 4 is 15.9 Å². The third kappa shape index (κ3) is 1.67. The first-order chi connectivity index (χ1) is 5.77. The fraction of sp³-hybridized carbons (Fsp3) is 0.444. The molecule has 0 aromatic carbocycles. The molecule has 0 amide bonds. The van der Waals surface area contributed by atoms with Gasteiger partial charge in [0.2, 0.25) is 0 Å². The van der Waals surface area contributed by atoms with Crippen LogP contribution in [0.2, 0.25) is 0 Å². The van der Waals surface area contributed by atoms with Gasteiger partial charge in [-0.05, 0) is 46.8 Å². The topological polar surface area (TPSA) is 38.9 Å². The van der Waals surface area contributed by atoms with E-state index < -0.39 is 0 Å². The first-order valence-electron chi connectivity index (χ1n) is 4.14. The van der Waals surface area contributed by atoms with Crippen molar-refractivity contribution in [2.24, 2.45) is 11.7 Å². The molecule has 64 valence electrons. The molecule has 1 saturated carbocycles. The van der Waals surface area contributed by atoms with E-state index in [1.54, 1.807) is 6.20 Å².